The summed E-state index contributed by atoms with van der Waals surface area (Å²) in [6.07, 6.45) is 10.6. The lowest BCUT2D eigenvalue weighted by Crippen LogP contribution is -2.47. The van der Waals surface area contributed by atoms with E-state index in [0.717, 1.165) is 5.70 Å². The highest BCUT2D eigenvalue weighted by atomic mass is 16.1. The van der Waals surface area contributed by atoms with Crippen LogP contribution in [0.2, 0.25) is 0 Å². The molecule has 0 atom stereocenters. The molecule has 0 aliphatic carbocycles. The largest absolute Gasteiger partial charge is 0.334 e. The molecule has 2 aliphatic rings. The maximum atomic E-state index is 12.3. The molecule has 2 heterocycles. The van der Waals surface area contributed by atoms with E-state index < -0.39 is 5.54 Å². The average Bonchev–Trinajstić information content (AvgIpc) is 2.67. The molecule has 0 fully saturated rings. The second-order valence-electron chi connectivity index (χ2n) is 4.35. The summed E-state index contributed by atoms with van der Waals surface area (Å²) in [6.45, 7) is 0. The van der Waals surface area contributed by atoms with Gasteiger partial charge in [-0.2, -0.15) is 10.5 Å². The zero-order valence-electron chi connectivity index (χ0n) is 9.97. The van der Waals surface area contributed by atoms with Gasteiger partial charge in [0, 0.05) is 30.8 Å². The van der Waals surface area contributed by atoms with Crippen molar-refractivity contribution >= 4 is 5.78 Å². The summed E-state index contributed by atoms with van der Waals surface area (Å²) in [5, 5.41) is 17.5. The van der Waals surface area contributed by atoms with E-state index in [0.29, 0.717) is 25.7 Å². The summed E-state index contributed by atoms with van der Waals surface area (Å²) in [6, 6.07) is 4.17. The van der Waals surface area contributed by atoms with Crippen LogP contribution in [0.15, 0.2) is 36.2 Å². The smallest absolute Gasteiger partial charge is 0.183 e. The number of nitriles is 2. The third-order valence-electron chi connectivity index (χ3n) is 3.39. The van der Waals surface area contributed by atoms with E-state index in [1.54, 1.807) is 6.08 Å². The monoisotopic (exact) mass is 239 g/mol. The Labute approximate surface area is 106 Å². The van der Waals surface area contributed by atoms with Gasteiger partial charge in [-0.25, -0.2) is 0 Å². The molecule has 0 aromatic heterocycles. The highest BCUT2D eigenvalue weighted by molar-refractivity contribution is 6.02. The second-order valence-corrected chi connectivity index (χ2v) is 4.35. The number of allylic oxidation sites excluding steroid dienone is 3. The lowest BCUT2D eigenvalue weighted by atomic mass is 9.84. The lowest BCUT2D eigenvalue weighted by Gasteiger charge is -2.37. The van der Waals surface area contributed by atoms with Crippen molar-refractivity contribution in [2.45, 2.75) is 31.2 Å². The van der Waals surface area contributed by atoms with Gasteiger partial charge in [0.15, 0.2) is 5.78 Å². The van der Waals surface area contributed by atoms with Crippen LogP contribution in [-0.4, -0.2) is 16.2 Å². The number of carbonyl (C=O) groups is 1. The van der Waals surface area contributed by atoms with Crippen LogP contribution in [-0.2, 0) is 4.79 Å². The number of ketones is 1. The van der Waals surface area contributed by atoms with Gasteiger partial charge in [0.1, 0.15) is 5.54 Å². The van der Waals surface area contributed by atoms with Crippen LogP contribution >= 0.6 is 0 Å². The molecule has 2 rings (SSSR count). The van der Waals surface area contributed by atoms with E-state index >= 15 is 0 Å². The summed E-state index contributed by atoms with van der Waals surface area (Å²) in [7, 11) is 0. The van der Waals surface area contributed by atoms with Crippen LogP contribution < -0.4 is 0 Å². The zero-order valence-corrected chi connectivity index (χ0v) is 9.97. The normalized spacial score (nSPS) is 19.1. The lowest BCUT2D eigenvalue weighted by molar-refractivity contribution is -0.122. The molecule has 4 heteroatoms. The van der Waals surface area contributed by atoms with Gasteiger partial charge in [0.25, 0.3) is 0 Å². The highest BCUT2D eigenvalue weighted by Gasteiger charge is 2.46. The van der Waals surface area contributed by atoms with E-state index in [2.05, 4.69) is 12.1 Å². The Morgan fingerprint density at radius 1 is 1.17 bits per heavy atom. The zero-order chi connectivity index (χ0) is 13.0. The Hall–Kier alpha value is -2.33. The fourth-order valence-corrected chi connectivity index (χ4v) is 2.49. The summed E-state index contributed by atoms with van der Waals surface area (Å²) in [5.74, 6) is -0.000741. The van der Waals surface area contributed by atoms with E-state index in [-0.39, 0.29) is 5.78 Å². The van der Waals surface area contributed by atoms with Crippen molar-refractivity contribution in [3.05, 3.63) is 36.2 Å². The van der Waals surface area contributed by atoms with Crippen molar-refractivity contribution < 1.29 is 4.79 Å². The first kappa shape index (κ1) is 12.1. The first-order valence-electron chi connectivity index (χ1n) is 5.89. The molecule has 0 amide bonds. The summed E-state index contributed by atoms with van der Waals surface area (Å²) in [5.41, 5.74) is 0.112. The van der Waals surface area contributed by atoms with Gasteiger partial charge >= 0.3 is 0 Å². The summed E-state index contributed by atoms with van der Waals surface area (Å²) in [4.78, 5) is 14.2. The van der Waals surface area contributed by atoms with Gasteiger partial charge in [0.2, 0.25) is 0 Å². The fraction of sp³-hybridized carbons (Fsp3) is 0.357. The SMILES string of the molecule is N#CCCC1(CCC#N)C(=O)C=C2C=CC=CN21. The van der Waals surface area contributed by atoms with Gasteiger partial charge in [-0.3, -0.25) is 4.79 Å². The maximum Gasteiger partial charge on any atom is 0.183 e. The van der Waals surface area contributed by atoms with Crippen molar-refractivity contribution in [1.29, 1.82) is 10.5 Å². The Balaban J connectivity index is 2.32. The molecule has 0 unspecified atom stereocenters. The van der Waals surface area contributed by atoms with Crippen LogP contribution in [0.1, 0.15) is 25.7 Å². The van der Waals surface area contributed by atoms with Crippen LogP contribution in [0, 0.1) is 22.7 Å². The summed E-state index contributed by atoms with van der Waals surface area (Å²) < 4.78 is 0. The molecule has 0 spiro atoms. The van der Waals surface area contributed by atoms with Crippen molar-refractivity contribution in [3.63, 3.8) is 0 Å². The molecule has 0 saturated carbocycles. The molecular weight excluding hydrogens is 226 g/mol. The standard InChI is InChI=1S/C14H13N3O/c15-8-3-6-14(7-4-9-16)13(18)11-12-5-1-2-10-17(12)14/h1-2,5,10-11H,3-4,6-7H2. The average molecular weight is 239 g/mol. The predicted molar refractivity (Wildman–Crippen MR) is 65.6 cm³/mol. The third-order valence-corrected chi connectivity index (χ3v) is 3.39. The van der Waals surface area contributed by atoms with Crippen LogP contribution in [0.25, 0.3) is 0 Å². The number of carbonyl (C=O) groups excluding carboxylic acids is 1. The first-order chi connectivity index (χ1) is 8.74. The Kier molecular flexibility index (Phi) is 3.30. The minimum absolute atomic E-state index is 0.000741. The third kappa shape index (κ3) is 1.83. The Morgan fingerprint density at radius 2 is 1.83 bits per heavy atom. The Bertz CT molecular complexity index is 510. The molecule has 2 aliphatic heterocycles. The van der Waals surface area contributed by atoms with Gasteiger partial charge in [-0.15, -0.1) is 0 Å². The Morgan fingerprint density at radius 3 is 2.44 bits per heavy atom. The van der Waals surface area contributed by atoms with Crippen molar-refractivity contribution in [2.24, 2.45) is 0 Å². The van der Waals surface area contributed by atoms with Gasteiger partial charge in [0.05, 0.1) is 12.1 Å². The second kappa shape index (κ2) is 4.89. The van der Waals surface area contributed by atoms with E-state index in [1.165, 1.54) is 0 Å². The number of rotatable bonds is 4. The molecule has 0 N–H and O–H groups in total. The van der Waals surface area contributed by atoms with Crippen LogP contribution in [0.4, 0.5) is 0 Å². The maximum absolute atomic E-state index is 12.3. The molecule has 0 radical (unpaired) electrons. The number of nitrogens with zero attached hydrogens (tertiary/aromatic N) is 3. The number of hydrogen-bond donors (Lipinski definition) is 0. The van der Waals surface area contributed by atoms with E-state index in [4.69, 9.17) is 10.5 Å². The van der Waals surface area contributed by atoms with E-state index in [9.17, 15) is 4.79 Å². The van der Waals surface area contributed by atoms with Gasteiger partial charge in [-0.1, -0.05) is 6.08 Å². The van der Waals surface area contributed by atoms with Crippen molar-refractivity contribution in [2.75, 3.05) is 0 Å². The van der Waals surface area contributed by atoms with Gasteiger partial charge < -0.3 is 4.90 Å². The molecule has 0 saturated heterocycles. The molecule has 90 valence electrons. The van der Waals surface area contributed by atoms with Gasteiger partial charge in [-0.05, 0) is 25.0 Å². The number of hydrogen-bond acceptors (Lipinski definition) is 4. The minimum atomic E-state index is -0.734. The fourth-order valence-electron chi connectivity index (χ4n) is 2.49. The molecular formula is C14H13N3O. The number of fused-ring (bicyclic) bond motifs is 1. The van der Waals surface area contributed by atoms with E-state index in [1.807, 2.05) is 29.3 Å². The summed E-state index contributed by atoms with van der Waals surface area (Å²) >= 11 is 0. The molecule has 18 heavy (non-hydrogen) atoms. The molecule has 0 aromatic rings. The minimum Gasteiger partial charge on any atom is -0.334 e. The quantitative estimate of drug-likeness (QED) is 0.754. The molecule has 0 aromatic carbocycles. The van der Waals surface area contributed by atoms with Crippen molar-refractivity contribution in [1.82, 2.24) is 4.90 Å². The topological polar surface area (TPSA) is 67.9 Å². The highest BCUT2D eigenvalue weighted by Crippen LogP contribution is 2.39. The predicted octanol–water partition coefficient (Wildman–Crippen LogP) is 2.18. The molecule has 4 nitrogen and oxygen atoms in total. The molecule has 0 bridgehead atoms. The van der Waals surface area contributed by atoms with Crippen LogP contribution in [0.5, 0.6) is 0 Å². The van der Waals surface area contributed by atoms with Crippen molar-refractivity contribution in [3.8, 4) is 12.1 Å². The van der Waals surface area contributed by atoms with Crippen LogP contribution in [0.3, 0.4) is 0 Å². The first-order valence-corrected chi connectivity index (χ1v) is 5.89.